The number of furan rings is 1. The molecule has 0 saturated heterocycles. The molecular formula is C18H19NO4. The number of amides is 1. The van der Waals surface area contributed by atoms with Gasteiger partial charge in [0.15, 0.2) is 5.76 Å². The zero-order chi connectivity index (χ0) is 16.6. The number of hydrogen-bond donors (Lipinski definition) is 1. The molecule has 0 aliphatic carbocycles. The van der Waals surface area contributed by atoms with Crippen LogP contribution in [0.1, 0.15) is 39.9 Å². The molecule has 1 aliphatic rings. The smallest absolute Gasteiger partial charge is 0.326 e. The van der Waals surface area contributed by atoms with E-state index in [1.807, 2.05) is 38.1 Å². The standard InChI is InChI=1S/C18H19NO4/c1-3-15-11(2)8-16(23-15)17(20)19-10-13-7-5-4-6-12(13)9-14(19)18(21)22/h4-8,14H,3,9-10H2,1-2H3,(H,21,22). The molecule has 2 heterocycles. The molecule has 5 heteroatoms. The van der Waals surface area contributed by atoms with E-state index in [1.54, 1.807) is 6.07 Å². The molecule has 3 rings (SSSR count). The molecule has 23 heavy (non-hydrogen) atoms. The van der Waals surface area contributed by atoms with Gasteiger partial charge in [0.05, 0.1) is 0 Å². The van der Waals surface area contributed by atoms with Gasteiger partial charge in [-0.25, -0.2) is 4.79 Å². The molecule has 0 spiro atoms. The third kappa shape index (κ3) is 2.74. The lowest BCUT2D eigenvalue weighted by Crippen LogP contribution is -2.48. The fourth-order valence-electron chi connectivity index (χ4n) is 3.07. The highest BCUT2D eigenvalue weighted by Crippen LogP contribution is 2.26. The second-order valence-electron chi connectivity index (χ2n) is 5.83. The minimum absolute atomic E-state index is 0.213. The van der Waals surface area contributed by atoms with Crippen LogP contribution in [-0.2, 0) is 24.2 Å². The van der Waals surface area contributed by atoms with Gasteiger partial charge in [-0.15, -0.1) is 0 Å². The molecular weight excluding hydrogens is 294 g/mol. The normalized spacial score (nSPS) is 17.0. The number of hydrogen-bond acceptors (Lipinski definition) is 3. The van der Waals surface area contributed by atoms with E-state index >= 15 is 0 Å². The van der Waals surface area contributed by atoms with Crippen LogP contribution in [0, 0.1) is 6.92 Å². The van der Waals surface area contributed by atoms with E-state index in [0.29, 0.717) is 12.8 Å². The van der Waals surface area contributed by atoms with Gasteiger partial charge >= 0.3 is 5.97 Å². The van der Waals surface area contributed by atoms with Crippen LogP contribution >= 0.6 is 0 Å². The maximum Gasteiger partial charge on any atom is 0.326 e. The second kappa shape index (κ2) is 5.91. The Bertz CT molecular complexity index is 762. The van der Waals surface area contributed by atoms with Gasteiger partial charge in [0.1, 0.15) is 11.8 Å². The van der Waals surface area contributed by atoms with Crippen molar-refractivity contribution in [3.05, 3.63) is 58.5 Å². The summed E-state index contributed by atoms with van der Waals surface area (Å²) in [7, 11) is 0. The van der Waals surface area contributed by atoms with Crippen LogP contribution < -0.4 is 0 Å². The minimum atomic E-state index is -0.994. The summed E-state index contributed by atoms with van der Waals surface area (Å²) in [5.41, 5.74) is 2.88. The van der Waals surface area contributed by atoms with E-state index in [2.05, 4.69) is 0 Å². The molecule has 1 aromatic carbocycles. The first kappa shape index (κ1) is 15.3. The summed E-state index contributed by atoms with van der Waals surface area (Å²) in [5, 5.41) is 9.51. The number of carbonyl (C=O) groups is 2. The second-order valence-corrected chi connectivity index (χ2v) is 5.83. The van der Waals surface area contributed by atoms with Crippen LogP contribution in [0.2, 0.25) is 0 Å². The van der Waals surface area contributed by atoms with Crippen LogP contribution in [0.25, 0.3) is 0 Å². The zero-order valence-electron chi connectivity index (χ0n) is 13.2. The lowest BCUT2D eigenvalue weighted by Gasteiger charge is -2.33. The molecule has 1 aromatic heterocycles. The predicted octanol–water partition coefficient (Wildman–Crippen LogP) is 2.80. The van der Waals surface area contributed by atoms with Gasteiger partial charge < -0.3 is 14.4 Å². The Balaban J connectivity index is 1.95. The van der Waals surface area contributed by atoms with Crippen LogP contribution in [0.3, 0.4) is 0 Å². The van der Waals surface area contributed by atoms with Crippen molar-refractivity contribution in [2.24, 2.45) is 0 Å². The Labute approximate surface area is 134 Å². The fraction of sp³-hybridized carbons (Fsp3) is 0.333. The average Bonchev–Trinajstić information content (AvgIpc) is 2.93. The quantitative estimate of drug-likeness (QED) is 0.946. The maximum absolute atomic E-state index is 12.8. The number of carbonyl (C=O) groups excluding carboxylic acids is 1. The number of rotatable bonds is 3. The molecule has 0 radical (unpaired) electrons. The highest BCUT2D eigenvalue weighted by molar-refractivity contribution is 5.95. The summed E-state index contributed by atoms with van der Waals surface area (Å²) < 4.78 is 5.61. The van der Waals surface area contributed by atoms with Gasteiger partial charge in [-0.2, -0.15) is 0 Å². The van der Waals surface area contributed by atoms with E-state index in [1.165, 1.54) is 4.90 Å². The predicted molar refractivity (Wildman–Crippen MR) is 84.3 cm³/mol. The first-order valence-electron chi connectivity index (χ1n) is 7.71. The van der Waals surface area contributed by atoms with Gasteiger partial charge in [-0.3, -0.25) is 4.79 Å². The van der Waals surface area contributed by atoms with Gasteiger partial charge in [0.25, 0.3) is 5.91 Å². The molecule has 120 valence electrons. The van der Waals surface area contributed by atoms with E-state index in [4.69, 9.17) is 4.42 Å². The molecule has 1 atom stereocenters. The summed E-state index contributed by atoms with van der Waals surface area (Å²) in [4.78, 5) is 25.8. The third-order valence-corrected chi connectivity index (χ3v) is 4.35. The molecule has 1 unspecified atom stereocenters. The molecule has 0 bridgehead atoms. The van der Waals surface area contributed by atoms with Crippen molar-refractivity contribution in [3.63, 3.8) is 0 Å². The Morgan fingerprint density at radius 3 is 2.61 bits per heavy atom. The molecule has 1 amide bonds. The van der Waals surface area contributed by atoms with Crippen LogP contribution in [0.4, 0.5) is 0 Å². The Morgan fingerprint density at radius 2 is 2.00 bits per heavy atom. The molecule has 5 nitrogen and oxygen atoms in total. The van der Waals surface area contributed by atoms with Gasteiger partial charge in [0, 0.05) is 19.4 Å². The Kier molecular flexibility index (Phi) is 3.94. The van der Waals surface area contributed by atoms with Crippen molar-refractivity contribution in [2.45, 2.75) is 39.3 Å². The Hall–Kier alpha value is -2.56. The summed E-state index contributed by atoms with van der Waals surface area (Å²) in [6.07, 6.45) is 1.02. The monoisotopic (exact) mass is 313 g/mol. The SMILES string of the molecule is CCc1oc(C(=O)N2Cc3ccccc3CC2C(=O)O)cc1C. The summed E-state index contributed by atoms with van der Waals surface area (Å²) in [6, 6.07) is 8.46. The number of aryl methyl sites for hydroxylation is 2. The minimum Gasteiger partial charge on any atom is -0.480 e. The molecule has 2 aromatic rings. The van der Waals surface area contributed by atoms with Gasteiger partial charge in [0.2, 0.25) is 0 Å². The molecule has 0 fully saturated rings. The first-order valence-corrected chi connectivity index (χ1v) is 7.71. The number of nitrogens with zero attached hydrogens (tertiary/aromatic N) is 1. The maximum atomic E-state index is 12.8. The van der Waals surface area contributed by atoms with Crippen molar-refractivity contribution < 1.29 is 19.1 Å². The summed E-state index contributed by atoms with van der Waals surface area (Å²) >= 11 is 0. The fourth-order valence-corrected chi connectivity index (χ4v) is 3.07. The summed E-state index contributed by atoms with van der Waals surface area (Å²) in [5.74, 6) is -0.385. The zero-order valence-corrected chi connectivity index (χ0v) is 13.2. The van der Waals surface area contributed by atoms with Crippen molar-refractivity contribution >= 4 is 11.9 Å². The highest BCUT2D eigenvalue weighted by atomic mass is 16.4. The first-order chi connectivity index (χ1) is 11.0. The van der Waals surface area contributed by atoms with Crippen molar-refractivity contribution in [1.29, 1.82) is 0 Å². The number of fused-ring (bicyclic) bond motifs is 1. The number of benzene rings is 1. The topological polar surface area (TPSA) is 70.8 Å². The van der Waals surface area contributed by atoms with Crippen molar-refractivity contribution in [3.8, 4) is 0 Å². The highest BCUT2D eigenvalue weighted by Gasteiger charge is 2.36. The number of aliphatic carboxylic acids is 1. The van der Waals surface area contributed by atoms with E-state index in [9.17, 15) is 14.7 Å². The van der Waals surface area contributed by atoms with E-state index < -0.39 is 12.0 Å². The lowest BCUT2D eigenvalue weighted by atomic mass is 9.94. The van der Waals surface area contributed by atoms with Crippen molar-refractivity contribution in [1.82, 2.24) is 4.90 Å². The van der Waals surface area contributed by atoms with E-state index in [-0.39, 0.29) is 18.2 Å². The van der Waals surface area contributed by atoms with Gasteiger partial charge in [-0.05, 0) is 29.7 Å². The summed E-state index contributed by atoms with van der Waals surface area (Å²) in [6.45, 7) is 4.13. The average molecular weight is 313 g/mol. The lowest BCUT2D eigenvalue weighted by molar-refractivity contribution is -0.142. The Morgan fingerprint density at radius 1 is 1.30 bits per heavy atom. The van der Waals surface area contributed by atoms with Crippen molar-refractivity contribution in [2.75, 3.05) is 0 Å². The van der Waals surface area contributed by atoms with Crippen LogP contribution in [-0.4, -0.2) is 27.9 Å². The molecule has 0 saturated carbocycles. The van der Waals surface area contributed by atoms with Crippen LogP contribution in [0.5, 0.6) is 0 Å². The number of carboxylic acid groups (broad SMARTS) is 1. The third-order valence-electron chi connectivity index (χ3n) is 4.35. The molecule has 1 aliphatic heterocycles. The van der Waals surface area contributed by atoms with Crippen LogP contribution in [0.15, 0.2) is 34.7 Å². The largest absolute Gasteiger partial charge is 0.480 e. The number of carboxylic acids is 1. The molecule has 1 N–H and O–H groups in total. The van der Waals surface area contributed by atoms with E-state index in [0.717, 1.165) is 22.5 Å². The van der Waals surface area contributed by atoms with Gasteiger partial charge in [-0.1, -0.05) is 31.2 Å².